The lowest BCUT2D eigenvalue weighted by Crippen LogP contribution is -2.37. The Bertz CT molecular complexity index is 249. The fourth-order valence-electron chi connectivity index (χ4n) is 2.06. The number of nitrogens with two attached hydrogens (primary N) is 2. The van der Waals surface area contributed by atoms with Gasteiger partial charge in [-0.05, 0) is 40.2 Å². The number of carbonyl (C=O) groups is 1. The zero-order chi connectivity index (χ0) is 15.4. The van der Waals surface area contributed by atoms with Crippen molar-refractivity contribution in [3.05, 3.63) is 0 Å². The molecule has 0 heterocycles. The highest BCUT2D eigenvalue weighted by atomic mass is 16.6. The second kappa shape index (κ2) is 11.1. The molecule has 1 atom stereocenters. The normalized spacial score (nSPS) is 13.2. The number of hydrogen-bond acceptors (Lipinski definition) is 4. The minimum Gasteiger partial charge on any atom is -0.459 e. The Balaban J connectivity index is 3.44. The van der Waals surface area contributed by atoms with Crippen molar-refractivity contribution in [2.45, 2.75) is 90.2 Å². The van der Waals surface area contributed by atoms with Gasteiger partial charge >= 0.3 is 5.97 Å². The largest absolute Gasteiger partial charge is 0.459 e. The van der Waals surface area contributed by atoms with Gasteiger partial charge in [-0.1, -0.05) is 44.9 Å². The predicted molar refractivity (Wildman–Crippen MR) is 84.4 cm³/mol. The third-order valence-corrected chi connectivity index (χ3v) is 3.18. The fraction of sp³-hybridized carbons (Fsp3) is 0.938. The zero-order valence-corrected chi connectivity index (χ0v) is 13.6. The van der Waals surface area contributed by atoms with Crippen LogP contribution in [0.15, 0.2) is 0 Å². The summed E-state index contributed by atoms with van der Waals surface area (Å²) in [5.74, 6) is -0.278. The van der Waals surface area contributed by atoms with E-state index >= 15 is 0 Å². The highest BCUT2D eigenvalue weighted by Crippen LogP contribution is 2.12. The van der Waals surface area contributed by atoms with E-state index in [0.29, 0.717) is 0 Å². The number of esters is 1. The predicted octanol–water partition coefficient (Wildman–Crippen LogP) is 3.13. The summed E-state index contributed by atoms with van der Waals surface area (Å²) in [5.41, 5.74) is 10.8. The van der Waals surface area contributed by atoms with Crippen LogP contribution in [0.1, 0.15) is 78.6 Å². The van der Waals surface area contributed by atoms with Crippen LogP contribution in [-0.2, 0) is 9.53 Å². The summed E-state index contributed by atoms with van der Waals surface area (Å²) in [4.78, 5) is 11.7. The van der Waals surface area contributed by atoms with Crippen molar-refractivity contribution in [3.63, 3.8) is 0 Å². The van der Waals surface area contributed by atoms with Crippen molar-refractivity contribution < 1.29 is 9.53 Å². The summed E-state index contributed by atoms with van der Waals surface area (Å²) >= 11 is 0. The first kappa shape index (κ1) is 19.4. The molecule has 0 aromatic carbocycles. The first-order valence-corrected chi connectivity index (χ1v) is 8.05. The van der Waals surface area contributed by atoms with Gasteiger partial charge in [-0.3, -0.25) is 4.79 Å². The van der Waals surface area contributed by atoms with Gasteiger partial charge in [0.2, 0.25) is 0 Å². The van der Waals surface area contributed by atoms with Crippen LogP contribution in [0.4, 0.5) is 0 Å². The van der Waals surface area contributed by atoms with E-state index in [0.717, 1.165) is 32.2 Å². The highest BCUT2D eigenvalue weighted by molar-refractivity contribution is 5.75. The molecule has 0 rings (SSSR count). The maximum atomic E-state index is 11.7. The van der Waals surface area contributed by atoms with Gasteiger partial charge in [0.25, 0.3) is 0 Å². The Morgan fingerprint density at radius 2 is 1.40 bits per heavy atom. The van der Waals surface area contributed by atoms with Gasteiger partial charge in [0.1, 0.15) is 11.6 Å². The van der Waals surface area contributed by atoms with Crippen molar-refractivity contribution in [1.82, 2.24) is 0 Å². The van der Waals surface area contributed by atoms with E-state index in [2.05, 4.69) is 0 Å². The summed E-state index contributed by atoms with van der Waals surface area (Å²) in [6.45, 7) is 6.40. The Labute approximate surface area is 124 Å². The molecular weight excluding hydrogens is 252 g/mol. The van der Waals surface area contributed by atoms with Gasteiger partial charge in [0.15, 0.2) is 0 Å². The van der Waals surface area contributed by atoms with Crippen molar-refractivity contribution in [2.24, 2.45) is 11.5 Å². The molecule has 4 N–H and O–H groups in total. The van der Waals surface area contributed by atoms with Gasteiger partial charge in [-0.25, -0.2) is 0 Å². The molecule has 0 fully saturated rings. The first-order valence-electron chi connectivity index (χ1n) is 8.05. The summed E-state index contributed by atoms with van der Waals surface area (Å²) in [6, 6.07) is -0.473. The molecule has 0 saturated heterocycles. The van der Waals surface area contributed by atoms with Crippen LogP contribution < -0.4 is 11.5 Å². The van der Waals surface area contributed by atoms with E-state index in [1.165, 1.54) is 32.1 Å². The van der Waals surface area contributed by atoms with Crippen molar-refractivity contribution in [1.29, 1.82) is 0 Å². The van der Waals surface area contributed by atoms with Crippen LogP contribution in [0, 0.1) is 0 Å². The number of rotatable bonds is 11. The number of carbonyl (C=O) groups excluding carboxylic acids is 1. The summed E-state index contributed by atoms with van der Waals surface area (Å²) < 4.78 is 5.26. The molecule has 0 aromatic rings. The minimum atomic E-state index is -0.473. The van der Waals surface area contributed by atoms with Crippen molar-refractivity contribution in [3.8, 4) is 0 Å². The molecule has 0 aromatic heterocycles. The van der Waals surface area contributed by atoms with E-state index in [-0.39, 0.29) is 5.97 Å². The molecule has 4 nitrogen and oxygen atoms in total. The minimum absolute atomic E-state index is 0.278. The maximum Gasteiger partial charge on any atom is 0.323 e. The van der Waals surface area contributed by atoms with Gasteiger partial charge in [-0.2, -0.15) is 0 Å². The van der Waals surface area contributed by atoms with Crippen molar-refractivity contribution >= 4 is 5.97 Å². The summed E-state index contributed by atoms with van der Waals surface area (Å²) in [6.07, 6.45) is 10.3. The number of ether oxygens (including phenoxy) is 1. The summed E-state index contributed by atoms with van der Waals surface area (Å²) in [7, 11) is 0. The van der Waals surface area contributed by atoms with Gasteiger partial charge < -0.3 is 16.2 Å². The van der Waals surface area contributed by atoms with Crippen LogP contribution in [0.3, 0.4) is 0 Å². The molecule has 0 bridgehead atoms. The average molecular weight is 286 g/mol. The molecule has 0 radical (unpaired) electrons. The molecular formula is C16H34N2O2. The maximum absolute atomic E-state index is 11.7. The molecule has 0 saturated carbocycles. The third-order valence-electron chi connectivity index (χ3n) is 3.18. The molecule has 120 valence electrons. The van der Waals surface area contributed by atoms with Gasteiger partial charge in [0.05, 0.1) is 0 Å². The topological polar surface area (TPSA) is 78.3 Å². The fourth-order valence-corrected chi connectivity index (χ4v) is 2.06. The lowest BCUT2D eigenvalue weighted by atomic mass is 10.0. The number of unbranched alkanes of at least 4 members (excludes halogenated alkanes) is 7. The van der Waals surface area contributed by atoms with Crippen LogP contribution in [0.25, 0.3) is 0 Å². The van der Waals surface area contributed by atoms with E-state index in [4.69, 9.17) is 16.2 Å². The zero-order valence-electron chi connectivity index (χ0n) is 13.6. The molecule has 1 unspecified atom stereocenters. The SMILES string of the molecule is CC(C)(C)OC(=O)C(N)CCCCCCCCCCN. The Morgan fingerprint density at radius 1 is 0.950 bits per heavy atom. The van der Waals surface area contributed by atoms with E-state index in [1.807, 2.05) is 20.8 Å². The van der Waals surface area contributed by atoms with Crippen molar-refractivity contribution in [2.75, 3.05) is 6.54 Å². The Hall–Kier alpha value is -0.610. The molecule has 0 spiro atoms. The monoisotopic (exact) mass is 286 g/mol. The lowest BCUT2D eigenvalue weighted by molar-refractivity contribution is -0.156. The van der Waals surface area contributed by atoms with E-state index < -0.39 is 11.6 Å². The molecule has 0 aliphatic rings. The molecule has 0 aliphatic heterocycles. The van der Waals surface area contributed by atoms with Gasteiger partial charge in [0, 0.05) is 0 Å². The van der Waals surface area contributed by atoms with Crippen LogP contribution >= 0.6 is 0 Å². The third kappa shape index (κ3) is 12.4. The molecule has 0 amide bonds. The quantitative estimate of drug-likeness (QED) is 0.452. The lowest BCUT2D eigenvalue weighted by Gasteiger charge is -2.22. The second-order valence-electron chi connectivity index (χ2n) is 6.55. The second-order valence-corrected chi connectivity index (χ2v) is 6.55. The Morgan fingerprint density at radius 3 is 1.85 bits per heavy atom. The van der Waals surface area contributed by atoms with Crippen LogP contribution in [-0.4, -0.2) is 24.2 Å². The molecule has 0 aliphatic carbocycles. The highest BCUT2D eigenvalue weighted by Gasteiger charge is 2.21. The first-order chi connectivity index (χ1) is 9.37. The molecule has 20 heavy (non-hydrogen) atoms. The smallest absolute Gasteiger partial charge is 0.323 e. The van der Waals surface area contributed by atoms with Gasteiger partial charge in [-0.15, -0.1) is 0 Å². The van der Waals surface area contributed by atoms with Crippen LogP contribution in [0.5, 0.6) is 0 Å². The molecule has 4 heteroatoms. The summed E-state index contributed by atoms with van der Waals surface area (Å²) in [5, 5.41) is 0. The van der Waals surface area contributed by atoms with E-state index in [1.54, 1.807) is 0 Å². The standard InChI is InChI=1S/C16H34N2O2/c1-16(2,3)20-15(19)14(18)12-10-8-6-4-5-7-9-11-13-17/h14H,4-13,17-18H2,1-3H3. The van der Waals surface area contributed by atoms with E-state index in [9.17, 15) is 4.79 Å². The number of hydrogen-bond donors (Lipinski definition) is 2. The Kier molecular flexibility index (Phi) is 10.8. The average Bonchev–Trinajstić information content (AvgIpc) is 2.34. The van der Waals surface area contributed by atoms with Crippen LogP contribution in [0.2, 0.25) is 0 Å².